The normalized spacial score (nSPS) is 11.8. The predicted octanol–water partition coefficient (Wildman–Crippen LogP) is 3.66. The molecule has 0 saturated heterocycles. The van der Waals surface area contributed by atoms with Crippen LogP contribution in [0.4, 0.5) is 0 Å². The number of rotatable bonds is 5. The molecule has 0 saturated carbocycles. The molecule has 1 aromatic carbocycles. The Morgan fingerprint density at radius 3 is 2.65 bits per heavy atom. The highest BCUT2D eigenvalue weighted by Crippen LogP contribution is 2.23. The summed E-state index contributed by atoms with van der Waals surface area (Å²) < 4.78 is 6.85. The van der Waals surface area contributed by atoms with Crippen molar-refractivity contribution < 1.29 is 4.42 Å². The van der Waals surface area contributed by atoms with Crippen molar-refractivity contribution in [3.63, 3.8) is 0 Å². The molecule has 0 spiro atoms. The zero-order valence-electron chi connectivity index (χ0n) is 12.1. The van der Waals surface area contributed by atoms with Crippen molar-refractivity contribution in [3.05, 3.63) is 33.7 Å². The molecule has 0 aliphatic heterocycles. The molecule has 1 heterocycles. The van der Waals surface area contributed by atoms with Crippen LogP contribution in [0, 0.1) is 3.57 Å². The third-order valence-electron chi connectivity index (χ3n) is 2.79. The summed E-state index contributed by atoms with van der Waals surface area (Å²) in [5, 5.41) is 11.7. The van der Waals surface area contributed by atoms with Gasteiger partial charge in [-0.3, -0.25) is 0 Å². The summed E-state index contributed by atoms with van der Waals surface area (Å²) >= 11 is 2.28. The van der Waals surface area contributed by atoms with Crippen LogP contribution in [0.15, 0.2) is 28.7 Å². The number of hydrogen-bond acceptors (Lipinski definition) is 4. The Hall–Kier alpha value is -0.950. The van der Waals surface area contributed by atoms with Crippen molar-refractivity contribution in [2.24, 2.45) is 0 Å². The molecule has 20 heavy (non-hydrogen) atoms. The van der Waals surface area contributed by atoms with Crippen LogP contribution in [-0.2, 0) is 6.42 Å². The van der Waals surface area contributed by atoms with E-state index in [-0.39, 0.29) is 5.54 Å². The molecule has 0 unspecified atom stereocenters. The van der Waals surface area contributed by atoms with Crippen molar-refractivity contribution in [2.45, 2.75) is 39.2 Å². The summed E-state index contributed by atoms with van der Waals surface area (Å²) in [7, 11) is 0. The summed E-state index contributed by atoms with van der Waals surface area (Å²) in [4.78, 5) is 0. The largest absolute Gasteiger partial charge is 0.421 e. The number of aryl methyl sites for hydroxylation is 1. The van der Waals surface area contributed by atoms with E-state index in [0.29, 0.717) is 11.8 Å². The molecule has 0 aliphatic carbocycles. The summed E-state index contributed by atoms with van der Waals surface area (Å²) in [6, 6.07) is 8.02. The Labute approximate surface area is 133 Å². The molecule has 5 heteroatoms. The Balaban J connectivity index is 1.92. The lowest BCUT2D eigenvalue weighted by Crippen LogP contribution is -2.36. The highest BCUT2D eigenvalue weighted by molar-refractivity contribution is 14.1. The summed E-state index contributed by atoms with van der Waals surface area (Å²) in [6.45, 7) is 7.43. The van der Waals surface area contributed by atoms with E-state index in [4.69, 9.17) is 4.42 Å². The molecular formula is C15H20IN3O. The highest BCUT2D eigenvalue weighted by atomic mass is 127. The number of hydrogen-bond donors (Lipinski definition) is 1. The topological polar surface area (TPSA) is 51.0 Å². The first-order chi connectivity index (χ1) is 9.46. The minimum absolute atomic E-state index is 0.153. The average molecular weight is 385 g/mol. The van der Waals surface area contributed by atoms with Crippen LogP contribution < -0.4 is 5.32 Å². The third-order valence-corrected chi connectivity index (χ3v) is 3.73. The second kappa shape index (κ2) is 6.67. The fraction of sp³-hybridized carbons (Fsp3) is 0.467. The third kappa shape index (κ3) is 4.56. The molecule has 108 valence electrons. The summed E-state index contributed by atoms with van der Waals surface area (Å²) in [5.74, 6) is 1.31. The second-order valence-corrected chi connectivity index (χ2v) is 6.92. The number of halogens is 1. The van der Waals surface area contributed by atoms with E-state index in [1.807, 2.05) is 24.3 Å². The molecule has 0 amide bonds. The Kier molecular flexibility index (Phi) is 5.15. The Morgan fingerprint density at radius 2 is 1.95 bits per heavy atom. The zero-order chi connectivity index (χ0) is 14.6. The quantitative estimate of drug-likeness (QED) is 0.631. The van der Waals surface area contributed by atoms with Gasteiger partial charge in [-0.2, -0.15) is 0 Å². The predicted molar refractivity (Wildman–Crippen MR) is 88.5 cm³/mol. The van der Waals surface area contributed by atoms with E-state index >= 15 is 0 Å². The van der Waals surface area contributed by atoms with Gasteiger partial charge in [-0.25, -0.2) is 0 Å². The summed E-state index contributed by atoms with van der Waals surface area (Å²) in [6.07, 6.45) is 1.80. The fourth-order valence-electron chi connectivity index (χ4n) is 1.80. The van der Waals surface area contributed by atoms with Crippen LogP contribution in [0.3, 0.4) is 0 Å². The molecule has 1 N–H and O–H groups in total. The summed E-state index contributed by atoms with van der Waals surface area (Å²) in [5.41, 5.74) is 1.15. The van der Waals surface area contributed by atoms with E-state index < -0.39 is 0 Å². The maximum atomic E-state index is 5.73. The van der Waals surface area contributed by atoms with Gasteiger partial charge in [0.2, 0.25) is 11.8 Å². The molecule has 0 aliphatic rings. The fourth-order valence-corrected chi connectivity index (χ4v) is 2.42. The van der Waals surface area contributed by atoms with Crippen molar-refractivity contribution in [1.82, 2.24) is 15.5 Å². The number of nitrogens with one attached hydrogen (secondary N) is 1. The lowest BCUT2D eigenvalue weighted by Gasteiger charge is -2.19. The monoisotopic (exact) mass is 385 g/mol. The Morgan fingerprint density at radius 1 is 1.20 bits per heavy atom. The molecule has 0 bridgehead atoms. The van der Waals surface area contributed by atoms with Gasteiger partial charge in [-0.15, -0.1) is 10.2 Å². The van der Waals surface area contributed by atoms with Crippen LogP contribution in [0.5, 0.6) is 0 Å². The average Bonchev–Trinajstić information content (AvgIpc) is 2.83. The molecule has 2 rings (SSSR count). The van der Waals surface area contributed by atoms with Crippen molar-refractivity contribution in [3.8, 4) is 11.5 Å². The number of benzene rings is 1. The minimum Gasteiger partial charge on any atom is -0.421 e. The Bertz CT molecular complexity index is 560. The first-order valence-corrected chi connectivity index (χ1v) is 7.86. The van der Waals surface area contributed by atoms with Crippen molar-refractivity contribution in [1.29, 1.82) is 0 Å². The maximum absolute atomic E-state index is 5.73. The van der Waals surface area contributed by atoms with Gasteiger partial charge in [-0.1, -0.05) is 12.1 Å². The van der Waals surface area contributed by atoms with Crippen LogP contribution in [0.1, 0.15) is 33.1 Å². The standard InChI is InChI=1S/C15H20IN3O/c1-15(2,3)17-10-6-9-13-18-19-14(20-13)11-7-4-5-8-12(11)16/h4-5,7-8,17H,6,9-10H2,1-3H3. The van der Waals surface area contributed by atoms with Crippen LogP contribution in [-0.4, -0.2) is 22.3 Å². The van der Waals surface area contributed by atoms with Gasteiger partial charge in [0.25, 0.3) is 0 Å². The van der Waals surface area contributed by atoms with Gasteiger partial charge >= 0.3 is 0 Å². The van der Waals surface area contributed by atoms with Crippen LogP contribution in [0.2, 0.25) is 0 Å². The number of nitrogens with zero attached hydrogens (tertiary/aromatic N) is 2. The van der Waals surface area contributed by atoms with Crippen molar-refractivity contribution >= 4 is 22.6 Å². The maximum Gasteiger partial charge on any atom is 0.248 e. The molecule has 0 radical (unpaired) electrons. The lowest BCUT2D eigenvalue weighted by atomic mass is 10.1. The van der Waals surface area contributed by atoms with Gasteiger partial charge in [0.05, 0.1) is 5.56 Å². The van der Waals surface area contributed by atoms with E-state index in [1.165, 1.54) is 0 Å². The van der Waals surface area contributed by atoms with Gasteiger partial charge in [0.15, 0.2) is 0 Å². The van der Waals surface area contributed by atoms with E-state index in [1.54, 1.807) is 0 Å². The molecule has 1 aromatic heterocycles. The smallest absolute Gasteiger partial charge is 0.248 e. The molecular weight excluding hydrogens is 365 g/mol. The molecule has 0 atom stereocenters. The molecule has 2 aromatic rings. The van der Waals surface area contributed by atoms with Gasteiger partial charge in [0, 0.05) is 15.5 Å². The van der Waals surface area contributed by atoms with Gasteiger partial charge < -0.3 is 9.73 Å². The molecule has 4 nitrogen and oxygen atoms in total. The van der Waals surface area contributed by atoms with E-state index in [2.05, 4.69) is 58.9 Å². The van der Waals surface area contributed by atoms with Crippen molar-refractivity contribution in [2.75, 3.05) is 6.54 Å². The minimum atomic E-state index is 0.153. The zero-order valence-corrected chi connectivity index (χ0v) is 14.3. The van der Waals surface area contributed by atoms with E-state index in [9.17, 15) is 0 Å². The van der Waals surface area contributed by atoms with Crippen LogP contribution >= 0.6 is 22.6 Å². The number of aromatic nitrogens is 2. The van der Waals surface area contributed by atoms with Crippen LogP contribution in [0.25, 0.3) is 11.5 Å². The molecule has 0 fully saturated rings. The highest BCUT2D eigenvalue weighted by Gasteiger charge is 2.12. The first kappa shape index (κ1) is 15.4. The van der Waals surface area contributed by atoms with E-state index in [0.717, 1.165) is 28.5 Å². The first-order valence-electron chi connectivity index (χ1n) is 6.78. The SMILES string of the molecule is CC(C)(C)NCCCc1nnc(-c2ccccc2I)o1. The van der Waals surface area contributed by atoms with Gasteiger partial charge in [-0.05, 0) is 68.5 Å². The lowest BCUT2D eigenvalue weighted by molar-refractivity contribution is 0.412. The van der Waals surface area contributed by atoms with Gasteiger partial charge in [0.1, 0.15) is 0 Å². The second-order valence-electron chi connectivity index (χ2n) is 5.76.